The lowest BCUT2D eigenvalue weighted by molar-refractivity contribution is -0.899. The average Bonchev–Trinajstić information content (AvgIpc) is 2.89. The first kappa shape index (κ1) is 14.0. The molecule has 0 aliphatic carbocycles. The average molecular weight is 268 g/mol. The molecule has 106 valence electrons. The summed E-state index contributed by atoms with van der Waals surface area (Å²) in [6.45, 7) is 7.51. The number of likely N-dealkylation sites (N-methyl/N-ethyl adjacent to an activating group) is 1. The molecule has 0 radical (unpaired) electrons. The van der Waals surface area contributed by atoms with Crippen LogP contribution in [0.4, 0.5) is 0 Å². The molecule has 1 aromatic rings. The zero-order chi connectivity index (χ0) is 13.7. The van der Waals surface area contributed by atoms with Gasteiger partial charge in [-0.1, -0.05) is 0 Å². The maximum absolute atomic E-state index is 9.93. The third-order valence-corrected chi connectivity index (χ3v) is 3.31. The highest BCUT2D eigenvalue weighted by atomic mass is 16.7. The largest absolute Gasteiger partial charge is 0.491 e. The topological polar surface area (TPSA) is 52.4 Å². The number of fused-ring (bicyclic) bond motifs is 1. The summed E-state index contributed by atoms with van der Waals surface area (Å²) in [6, 6.07) is 5.43. The van der Waals surface area contributed by atoms with Crippen LogP contribution < -0.4 is 19.1 Å². The van der Waals surface area contributed by atoms with E-state index in [4.69, 9.17) is 14.2 Å². The van der Waals surface area contributed by atoms with Crippen LogP contribution in [0.2, 0.25) is 0 Å². The molecule has 2 rings (SSSR count). The van der Waals surface area contributed by atoms with E-state index in [1.807, 2.05) is 12.1 Å². The quantitative estimate of drug-likeness (QED) is 0.735. The van der Waals surface area contributed by atoms with Gasteiger partial charge >= 0.3 is 0 Å². The zero-order valence-corrected chi connectivity index (χ0v) is 11.5. The van der Waals surface area contributed by atoms with E-state index in [0.717, 1.165) is 18.8 Å². The summed E-state index contributed by atoms with van der Waals surface area (Å²) in [5.74, 6) is 2.12. The van der Waals surface area contributed by atoms with Crippen molar-refractivity contribution >= 4 is 0 Å². The van der Waals surface area contributed by atoms with Crippen LogP contribution in [0.3, 0.4) is 0 Å². The fourth-order valence-electron chi connectivity index (χ4n) is 2.09. The molecule has 1 unspecified atom stereocenters. The molecule has 0 saturated carbocycles. The van der Waals surface area contributed by atoms with Crippen molar-refractivity contribution in [3.05, 3.63) is 18.2 Å². The number of aliphatic hydroxyl groups is 1. The summed E-state index contributed by atoms with van der Waals surface area (Å²) in [6.07, 6.45) is -0.458. The number of hydrogen-bond donors (Lipinski definition) is 2. The Morgan fingerprint density at radius 2 is 2.00 bits per heavy atom. The maximum atomic E-state index is 9.93. The van der Waals surface area contributed by atoms with Gasteiger partial charge in [0.15, 0.2) is 11.5 Å². The molecule has 1 heterocycles. The van der Waals surface area contributed by atoms with E-state index in [1.165, 1.54) is 4.90 Å². The maximum Gasteiger partial charge on any atom is 0.231 e. The highest BCUT2D eigenvalue weighted by Gasteiger charge is 2.16. The highest BCUT2D eigenvalue weighted by molar-refractivity contribution is 5.46. The van der Waals surface area contributed by atoms with Gasteiger partial charge in [-0.3, -0.25) is 0 Å². The van der Waals surface area contributed by atoms with Crippen molar-refractivity contribution in [3.8, 4) is 17.2 Å². The number of aliphatic hydroxyl groups excluding tert-OH is 1. The van der Waals surface area contributed by atoms with E-state index in [-0.39, 0.29) is 6.79 Å². The minimum Gasteiger partial charge on any atom is -0.491 e. The Morgan fingerprint density at radius 1 is 1.26 bits per heavy atom. The van der Waals surface area contributed by atoms with Gasteiger partial charge in [-0.05, 0) is 26.0 Å². The minimum atomic E-state index is -0.458. The van der Waals surface area contributed by atoms with Crippen molar-refractivity contribution in [1.29, 1.82) is 0 Å². The van der Waals surface area contributed by atoms with Crippen LogP contribution >= 0.6 is 0 Å². The number of nitrogens with one attached hydrogen (secondary N) is 1. The molecule has 1 aliphatic heterocycles. The van der Waals surface area contributed by atoms with Crippen LogP contribution in [-0.2, 0) is 0 Å². The van der Waals surface area contributed by atoms with Gasteiger partial charge in [-0.25, -0.2) is 0 Å². The van der Waals surface area contributed by atoms with Gasteiger partial charge in [0.05, 0.1) is 13.1 Å². The Balaban J connectivity index is 1.81. The van der Waals surface area contributed by atoms with Gasteiger partial charge in [0.1, 0.15) is 25.0 Å². The van der Waals surface area contributed by atoms with Crippen LogP contribution in [0.15, 0.2) is 18.2 Å². The van der Waals surface area contributed by atoms with Crippen LogP contribution in [-0.4, -0.2) is 44.2 Å². The van der Waals surface area contributed by atoms with E-state index in [1.54, 1.807) is 6.07 Å². The lowest BCUT2D eigenvalue weighted by Gasteiger charge is -2.19. The number of quaternary nitrogens is 1. The number of hydrogen-bond acceptors (Lipinski definition) is 4. The smallest absolute Gasteiger partial charge is 0.231 e. The predicted molar refractivity (Wildman–Crippen MR) is 71.0 cm³/mol. The standard InChI is InChI=1S/C14H21NO4/c1-3-15(4-2)8-11(16)9-17-12-5-6-13-14(7-12)19-10-18-13/h5-7,11,16H,3-4,8-10H2,1-2H3/p+1. The summed E-state index contributed by atoms with van der Waals surface area (Å²) in [7, 11) is 0. The van der Waals surface area contributed by atoms with Crippen molar-refractivity contribution in [2.75, 3.05) is 33.0 Å². The Labute approximate surface area is 113 Å². The molecule has 2 N–H and O–H groups in total. The molecule has 0 aromatic heterocycles. The van der Waals surface area contributed by atoms with Crippen LogP contribution in [0, 0.1) is 0 Å². The molecule has 1 aromatic carbocycles. The van der Waals surface area contributed by atoms with Crippen molar-refractivity contribution in [2.24, 2.45) is 0 Å². The minimum absolute atomic E-state index is 0.257. The summed E-state index contributed by atoms with van der Waals surface area (Å²) >= 11 is 0. The lowest BCUT2D eigenvalue weighted by Crippen LogP contribution is -3.12. The van der Waals surface area contributed by atoms with Gasteiger partial charge in [0, 0.05) is 6.07 Å². The Hall–Kier alpha value is -1.46. The fourth-order valence-corrected chi connectivity index (χ4v) is 2.09. The van der Waals surface area contributed by atoms with E-state index >= 15 is 0 Å². The van der Waals surface area contributed by atoms with Gasteiger partial charge in [-0.15, -0.1) is 0 Å². The van der Waals surface area contributed by atoms with E-state index in [9.17, 15) is 5.11 Å². The summed E-state index contributed by atoms with van der Waals surface area (Å²) in [4.78, 5) is 1.36. The molecular weight excluding hydrogens is 246 g/mol. The highest BCUT2D eigenvalue weighted by Crippen LogP contribution is 2.34. The third kappa shape index (κ3) is 3.75. The van der Waals surface area contributed by atoms with E-state index in [2.05, 4.69) is 13.8 Å². The molecule has 0 amide bonds. The van der Waals surface area contributed by atoms with E-state index < -0.39 is 6.10 Å². The second-order valence-electron chi connectivity index (χ2n) is 4.64. The zero-order valence-electron chi connectivity index (χ0n) is 11.5. The van der Waals surface area contributed by atoms with E-state index in [0.29, 0.717) is 24.7 Å². The number of ether oxygens (including phenoxy) is 3. The molecule has 19 heavy (non-hydrogen) atoms. The van der Waals surface area contributed by atoms with Gasteiger partial charge in [0.2, 0.25) is 6.79 Å². The Bertz CT molecular complexity index is 406. The molecule has 0 saturated heterocycles. The first-order chi connectivity index (χ1) is 9.22. The van der Waals surface area contributed by atoms with Gasteiger partial charge < -0.3 is 24.2 Å². The molecular formula is C14H22NO4+. The van der Waals surface area contributed by atoms with Crippen molar-refractivity contribution in [1.82, 2.24) is 0 Å². The van der Waals surface area contributed by atoms with Crippen LogP contribution in [0.5, 0.6) is 17.2 Å². The molecule has 0 fully saturated rings. The Morgan fingerprint density at radius 3 is 2.74 bits per heavy atom. The van der Waals surface area contributed by atoms with Crippen LogP contribution in [0.1, 0.15) is 13.8 Å². The Kier molecular flexibility index (Phi) is 4.87. The summed E-state index contributed by atoms with van der Waals surface area (Å²) in [5, 5.41) is 9.93. The predicted octanol–water partition coefficient (Wildman–Crippen LogP) is 0.0797. The number of benzene rings is 1. The first-order valence-corrected chi connectivity index (χ1v) is 6.77. The molecule has 5 heteroatoms. The van der Waals surface area contributed by atoms with Gasteiger partial charge in [-0.2, -0.15) is 0 Å². The molecule has 0 spiro atoms. The van der Waals surface area contributed by atoms with Crippen molar-refractivity contribution in [2.45, 2.75) is 20.0 Å². The fraction of sp³-hybridized carbons (Fsp3) is 0.571. The van der Waals surface area contributed by atoms with Crippen molar-refractivity contribution < 1.29 is 24.2 Å². The summed E-state index contributed by atoms with van der Waals surface area (Å²) < 4.78 is 16.1. The SMILES string of the molecule is CC[NH+](CC)CC(O)COc1ccc2c(c1)OCO2. The second kappa shape index (κ2) is 6.63. The molecule has 1 atom stereocenters. The third-order valence-electron chi connectivity index (χ3n) is 3.31. The monoisotopic (exact) mass is 268 g/mol. The van der Waals surface area contributed by atoms with Crippen LogP contribution in [0.25, 0.3) is 0 Å². The summed E-state index contributed by atoms with van der Waals surface area (Å²) in [5.41, 5.74) is 0. The van der Waals surface area contributed by atoms with Gasteiger partial charge in [0.25, 0.3) is 0 Å². The van der Waals surface area contributed by atoms with Crippen molar-refractivity contribution in [3.63, 3.8) is 0 Å². The lowest BCUT2D eigenvalue weighted by atomic mass is 10.3. The first-order valence-electron chi connectivity index (χ1n) is 6.77. The molecule has 0 bridgehead atoms. The molecule has 1 aliphatic rings. The molecule has 5 nitrogen and oxygen atoms in total. The normalized spacial score (nSPS) is 14.7. The number of rotatable bonds is 7. The second-order valence-corrected chi connectivity index (χ2v) is 4.64.